The molecule has 2 rings (SSSR count). The van der Waals surface area contributed by atoms with Crippen LogP contribution in [0.3, 0.4) is 0 Å². The van der Waals surface area contributed by atoms with E-state index in [0.717, 1.165) is 37.4 Å². The highest BCUT2D eigenvalue weighted by Crippen LogP contribution is 2.35. The topological polar surface area (TPSA) is 71.0 Å². The van der Waals surface area contributed by atoms with Gasteiger partial charge < -0.3 is 15.0 Å². The third kappa shape index (κ3) is 6.30. The van der Waals surface area contributed by atoms with Gasteiger partial charge in [-0.2, -0.15) is 0 Å². The Morgan fingerprint density at radius 3 is 2.43 bits per heavy atom. The van der Waals surface area contributed by atoms with E-state index < -0.39 is 9.84 Å². The van der Waals surface area contributed by atoms with Crippen molar-refractivity contribution in [2.45, 2.75) is 32.6 Å². The number of fused-ring (bicyclic) bond motifs is 1. The van der Waals surface area contributed by atoms with Gasteiger partial charge >= 0.3 is 0 Å². The van der Waals surface area contributed by atoms with Gasteiger partial charge in [0, 0.05) is 25.9 Å². The molecule has 7 heteroatoms. The van der Waals surface area contributed by atoms with Gasteiger partial charge in [-0.15, -0.1) is 0 Å². The van der Waals surface area contributed by atoms with E-state index in [4.69, 9.17) is 4.74 Å². The number of rotatable bonds is 7. The van der Waals surface area contributed by atoms with E-state index in [2.05, 4.69) is 22.1 Å². The second-order valence-electron chi connectivity index (χ2n) is 6.69. The van der Waals surface area contributed by atoms with E-state index in [1.165, 1.54) is 31.9 Å². The van der Waals surface area contributed by atoms with Crippen molar-refractivity contribution in [1.82, 2.24) is 10.2 Å². The van der Waals surface area contributed by atoms with Crippen LogP contribution in [0.5, 0.6) is 0 Å². The predicted molar refractivity (Wildman–Crippen MR) is 93.5 cm³/mol. The van der Waals surface area contributed by atoms with E-state index in [-0.39, 0.29) is 12.4 Å². The lowest BCUT2D eigenvalue weighted by Crippen LogP contribution is -2.40. The summed E-state index contributed by atoms with van der Waals surface area (Å²) in [5, 5.41) is 3.37. The first-order valence-corrected chi connectivity index (χ1v) is 10.8. The predicted octanol–water partition coefficient (Wildman–Crippen LogP) is 1.14. The average Bonchev–Trinajstić information content (AvgIpc) is 2.92. The summed E-state index contributed by atoms with van der Waals surface area (Å²) in [5.74, 6) is 2.72. The van der Waals surface area contributed by atoms with Gasteiger partial charge in [0.1, 0.15) is 9.84 Å². The van der Waals surface area contributed by atoms with Crippen LogP contribution in [0, 0.1) is 11.8 Å². The Morgan fingerprint density at radius 2 is 1.87 bits per heavy atom. The number of aliphatic imine (C=N–C) groups is 1. The zero-order chi connectivity index (χ0) is 16.7. The van der Waals surface area contributed by atoms with Crippen LogP contribution in [0.2, 0.25) is 0 Å². The molecule has 0 aromatic carbocycles. The second kappa shape index (κ2) is 8.87. The minimum atomic E-state index is -2.94. The standard InChI is InChI=1S/C16H31N3O3S/c1-3-17-16(18-8-9-22-10-11-23(2,20)21)19-12-14-6-4-5-7-15(14)13-19/h14-15H,3-13H2,1-2H3,(H,17,18). The second-order valence-corrected chi connectivity index (χ2v) is 8.95. The highest BCUT2D eigenvalue weighted by atomic mass is 32.2. The lowest BCUT2D eigenvalue weighted by Gasteiger charge is -2.22. The number of hydrogen-bond donors (Lipinski definition) is 1. The summed E-state index contributed by atoms with van der Waals surface area (Å²) in [6.07, 6.45) is 6.68. The Labute approximate surface area is 140 Å². The van der Waals surface area contributed by atoms with E-state index >= 15 is 0 Å². The van der Waals surface area contributed by atoms with E-state index in [1.54, 1.807) is 0 Å². The van der Waals surface area contributed by atoms with E-state index in [9.17, 15) is 8.42 Å². The quantitative estimate of drug-likeness (QED) is 0.426. The van der Waals surface area contributed by atoms with Crippen molar-refractivity contribution in [2.24, 2.45) is 16.8 Å². The maximum absolute atomic E-state index is 11.0. The van der Waals surface area contributed by atoms with Gasteiger partial charge in [-0.05, 0) is 31.6 Å². The minimum absolute atomic E-state index is 0.0757. The molecule has 23 heavy (non-hydrogen) atoms. The molecule has 2 aliphatic rings. The van der Waals surface area contributed by atoms with Crippen LogP contribution in [-0.2, 0) is 14.6 Å². The summed E-state index contributed by atoms with van der Waals surface area (Å²) < 4.78 is 27.4. The average molecular weight is 346 g/mol. The maximum atomic E-state index is 11.0. The summed E-state index contributed by atoms with van der Waals surface area (Å²) in [5.41, 5.74) is 0. The van der Waals surface area contributed by atoms with Crippen LogP contribution in [0.1, 0.15) is 32.6 Å². The Hall–Kier alpha value is -0.820. The highest BCUT2D eigenvalue weighted by Gasteiger charge is 2.35. The fraction of sp³-hybridized carbons (Fsp3) is 0.938. The van der Waals surface area contributed by atoms with Gasteiger partial charge in [0.05, 0.1) is 25.5 Å². The molecule has 0 amide bonds. The Balaban J connectivity index is 1.76. The van der Waals surface area contributed by atoms with Gasteiger partial charge in [0.15, 0.2) is 5.96 Å². The third-order valence-electron chi connectivity index (χ3n) is 4.71. The third-order valence-corrected chi connectivity index (χ3v) is 5.61. The smallest absolute Gasteiger partial charge is 0.194 e. The fourth-order valence-corrected chi connectivity index (χ4v) is 3.95. The molecule has 1 saturated heterocycles. The van der Waals surface area contributed by atoms with Crippen molar-refractivity contribution in [3.63, 3.8) is 0 Å². The molecule has 2 fully saturated rings. The van der Waals surface area contributed by atoms with Crippen LogP contribution >= 0.6 is 0 Å². The van der Waals surface area contributed by atoms with Crippen molar-refractivity contribution >= 4 is 15.8 Å². The van der Waals surface area contributed by atoms with Gasteiger partial charge in [-0.1, -0.05) is 12.8 Å². The molecule has 1 saturated carbocycles. The Kier molecular flexibility index (Phi) is 7.14. The summed E-state index contributed by atoms with van der Waals surface area (Å²) in [4.78, 5) is 7.03. The molecule has 2 atom stereocenters. The first-order valence-electron chi connectivity index (χ1n) is 8.78. The summed E-state index contributed by atoms with van der Waals surface area (Å²) in [7, 11) is -2.94. The highest BCUT2D eigenvalue weighted by molar-refractivity contribution is 7.90. The van der Waals surface area contributed by atoms with Crippen LogP contribution < -0.4 is 5.32 Å². The molecule has 0 aromatic rings. The van der Waals surface area contributed by atoms with Crippen molar-refractivity contribution in [3.05, 3.63) is 0 Å². The number of nitrogens with zero attached hydrogens (tertiary/aromatic N) is 2. The number of likely N-dealkylation sites (tertiary alicyclic amines) is 1. The maximum Gasteiger partial charge on any atom is 0.194 e. The molecule has 0 radical (unpaired) electrons. The molecule has 6 nitrogen and oxygen atoms in total. The number of guanidine groups is 1. The van der Waals surface area contributed by atoms with Gasteiger partial charge in [-0.25, -0.2) is 8.42 Å². The molecule has 0 spiro atoms. The summed E-state index contributed by atoms with van der Waals surface area (Å²) in [6.45, 7) is 6.46. The van der Waals surface area contributed by atoms with Crippen LogP contribution in [-0.4, -0.2) is 70.7 Å². The first kappa shape index (κ1) is 18.5. The zero-order valence-corrected chi connectivity index (χ0v) is 15.3. The Morgan fingerprint density at radius 1 is 1.22 bits per heavy atom. The molecule has 1 aliphatic carbocycles. The molecule has 1 N–H and O–H groups in total. The fourth-order valence-electron chi connectivity index (χ4n) is 3.53. The molecule has 0 aromatic heterocycles. The number of ether oxygens (including phenoxy) is 1. The first-order chi connectivity index (χ1) is 11.0. The Bertz CT molecular complexity index is 479. The van der Waals surface area contributed by atoms with Crippen molar-refractivity contribution in [1.29, 1.82) is 0 Å². The summed E-state index contributed by atoms with van der Waals surface area (Å²) in [6, 6.07) is 0. The zero-order valence-electron chi connectivity index (χ0n) is 14.5. The number of hydrogen-bond acceptors (Lipinski definition) is 4. The molecular weight excluding hydrogens is 314 g/mol. The molecule has 0 bridgehead atoms. The lowest BCUT2D eigenvalue weighted by atomic mass is 9.82. The van der Waals surface area contributed by atoms with Crippen molar-refractivity contribution < 1.29 is 13.2 Å². The van der Waals surface area contributed by atoms with Crippen LogP contribution in [0.25, 0.3) is 0 Å². The minimum Gasteiger partial charge on any atom is -0.378 e. The monoisotopic (exact) mass is 345 g/mol. The lowest BCUT2D eigenvalue weighted by molar-refractivity contribution is 0.157. The number of sulfone groups is 1. The van der Waals surface area contributed by atoms with Crippen LogP contribution in [0.15, 0.2) is 4.99 Å². The van der Waals surface area contributed by atoms with Gasteiger partial charge in [-0.3, -0.25) is 4.99 Å². The molecule has 134 valence electrons. The molecule has 1 aliphatic heterocycles. The normalized spacial score (nSPS) is 25.5. The van der Waals surface area contributed by atoms with Crippen LogP contribution in [0.4, 0.5) is 0 Å². The SMILES string of the molecule is CCNC(=NCCOCCS(C)(=O)=O)N1CC2CCCCC2C1. The molecule has 2 unspecified atom stereocenters. The largest absolute Gasteiger partial charge is 0.378 e. The van der Waals surface area contributed by atoms with E-state index in [0.29, 0.717) is 13.2 Å². The number of nitrogens with one attached hydrogen (secondary N) is 1. The van der Waals surface area contributed by atoms with Gasteiger partial charge in [0.25, 0.3) is 0 Å². The van der Waals surface area contributed by atoms with Gasteiger partial charge in [0.2, 0.25) is 0 Å². The molecular formula is C16H31N3O3S. The van der Waals surface area contributed by atoms with E-state index in [1.807, 2.05) is 0 Å². The van der Waals surface area contributed by atoms with Crippen molar-refractivity contribution in [3.8, 4) is 0 Å². The molecule has 1 heterocycles. The van der Waals surface area contributed by atoms with Crippen molar-refractivity contribution in [2.75, 3.05) is 51.4 Å². The summed E-state index contributed by atoms with van der Waals surface area (Å²) >= 11 is 0.